The molecule has 5 heteroatoms. The van der Waals surface area contributed by atoms with E-state index in [1.807, 2.05) is 48.5 Å². The molecule has 11 rings (SSSR count). The van der Waals surface area contributed by atoms with Gasteiger partial charge in [-0.05, 0) is 82.4 Å². The first-order valence-corrected chi connectivity index (χ1v) is 15.9. The van der Waals surface area contributed by atoms with E-state index in [4.69, 9.17) is 18.6 Å². The summed E-state index contributed by atoms with van der Waals surface area (Å²) in [5, 5.41) is 2.26. The molecule has 0 aliphatic carbocycles. The molecule has 0 saturated heterocycles. The first-order chi connectivity index (χ1) is 23.3. The van der Waals surface area contributed by atoms with Gasteiger partial charge in [-0.1, -0.05) is 84.9 Å². The van der Waals surface area contributed by atoms with Gasteiger partial charge in [-0.2, -0.15) is 0 Å². The smallest absolute Gasteiger partial charge is 0.270 e. The molecule has 0 saturated carbocycles. The molecule has 3 aliphatic rings. The van der Waals surface area contributed by atoms with E-state index in [1.165, 1.54) is 0 Å². The highest BCUT2D eigenvalue weighted by Gasteiger charge is 2.46. The Morgan fingerprint density at radius 2 is 0.851 bits per heavy atom. The van der Waals surface area contributed by atoms with Crippen molar-refractivity contribution in [1.29, 1.82) is 0 Å². The van der Waals surface area contributed by atoms with Gasteiger partial charge in [0.15, 0.2) is 0 Å². The van der Waals surface area contributed by atoms with Crippen molar-refractivity contribution < 1.29 is 18.6 Å². The van der Waals surface area contributed by atoms with E-state index in [0.29, 0.717) is 0 Å². The summed E-state index contributed by atoms with van der Waals surface area (Å²) in [6.07, 6.45) is 0. The van der Waals surface area contributed by atoms with Crippen molar-refractivity contribution in [2.24, 2.45) is 0 Å². The highest BCUT2D eigenvalue weighted by molar-refractivity contribution is 6.99. The Bertz CT molecular complexity index is 2560. The van der Waals surface area contributed by atoms with Gasteiger partial charge in [-0.25, -0.2) is 0 Å². The predicted molar refractivity (Wildman–Crippen MR) is 188 cm³/mol. The van der Waals surface area contributed by atoms with Crippen LogP contribution in [0.3, 0.4) is 0 Å². The van der Waals surface area contributed by atoms with Crippen LogP contribution in [0, 0.1) is 0 Å². The Labute approximate surface area is 270 Å². The predicted octanol–water partition coefficient (Wildman–Crippen LogP) is 9.42. The summed E-state index contributed by atoms with van der Waals surface area (Å²) < 4.78 is 25.8. The van der Waals surface area contributed by atoms with Gasteiger partial charge < -0.3 is 18.6 Å². The van der Waals surface area contributed by atoms with Crippen LogP contribution < -0.4 is 30.6 Å². The molecule has 0 amide bonds. The van der Waals surface area contributed by atoms with Crippen LogP contribution in [0.5, 0.6) is 34.5 Å². The number of furan rings is 1. The first-order valence-electron chi connectivity index (χ1n) is 15.9. The molecule has 0 radical (unpaired) electrons. The summed E-state index contributed by atoms with van der Waals surface area (Å²) in [7, 11) is 0. The number of hydrogen-bond acceptors (Lipinski definition) is 4. The zero-order valence-corrected chi connectivity index (χ0v) is 25.0. The molecule has 0 atom stereocenters. The average Bonchev–Trinajstić information content (AvgIpc) is 3.51. The second-order valence-corrected chi connectivity index (χ2v) is 12.4. The molecule has 8 aromatic rings. The lowest BCUT2D eigenvalue weighted by atomic mass is 9.34. The Kier molecular flexibility index (Phi) is 4.89. The lowest BCUT2D eigenvalue weighted by molar-refractivity contribution is 0.443. The monoisotopic (exact) mass is 602 g/mol. The third-order valence-electron chi connectivity index (χ3n) is 9.79. The summed E-state index contributed by atoms with van der Waals surface area (Å²) in [5.74, 6) is 4.98. The molecule has 7 aromatic carbocycles. The second-order valence-electron chi connectivity index (χ2n) is 12.4. The van der Waals surface area contributed by atoms with E-state index in [0.717, 1.165) is 106 Å². The number of ether oxygens (including phenoxy) is 3. The van der Waals surface area contributed by atoms with Crippen LogP contribution in [0.1, 0.15) is 0 Å². The molecule has 47 heavy (non-hydrogen) atoms. The molecule has 3 aliphatic heterocycles. The summed E-state index contributed by atoms with van der Waals surface area (Å²) in [6.45, 7) is 0.00739. The largest absolute Gasteiger partial charge is 0.458 e. The number of benzene rings is 7. The molecule has 0 unspecified atom stereocenters. The minimum atomic E-state index is 0.00739. The fraction of sp³-hybridized carbons (Fsp3) is 0. The van der Waals surface area contributed by atoms with Gasteiger partial charge >= 0.3 is 0 Å². The zero-order chi connectivity index (χ0) is 30.6. The van der Waals surface area contributed by atoms with E-state index in [9.17, 15) is 0 Å². The van der Waals surface area contributed by atoms with Crippen LogP contribution in [0.2, 0.25) is 0 Å². The number of hydrogen-bond donors (Lipinski definition) is 0. The molecule has 0 spiro atoms. The van der Waals surface area contributed by atoms with Crippen LogP contribution in [-0.4, -0.2) is 6.71 Å². The molecule has 0 fully saturated rings. The van der Waals surface area contributed by atoms with Gasteiger partial charge in [0.2, 0.25) is 0 Å². The maximum atomic E-state index is 6.58. The molecule has 4 nitrogen and oxygen atoms in total. The lowest BCUT2D eigenvalue weighted by Crippen LogP contribution is -2.59. The molecule has 218 valence electrons. The van der Waals surface area contributed by atoms with Crippen LogP contribution in [0.4, 0.5) is 0 Å². The fourth-order valence-corrected chi connectivity index (χ4v) is 7.70. The van der Waals surface area contributed by atoms with E-state index < -0.39 is 0 Å². The third-order valence-corrected chi connectivity index (χ3v) is 9.79. The molecular formula is C42H23BO4. The van der Waals surface area contributed by atoms with Crippen molar-refractivity contribution in [2.45, 2.75) is 0 Å². The van der Waals surface area contributed by atoms with Crippen molar-refractivity contribution in [3.05, 3.63) is 140 Å². The summed E-state index contributed by atoms with van der Waals surface area (Å²) in [5.41, 5.74) is 11.6. The number of para-hydroxylation sites is 2. The molecule has 0 N–H and O–H groups in total. The van der Waals surface area contributed by atoms with Gasteiger partial charge in [0.25, 0.3) is 6.71 Å². The Hall–Kier alpha value is -6.20. The fourth-order valence-electron chi connectivity index (χ4n) is 7.70. The zero-order valence-electron chi connectivity index (χ0n) is 25.0. The average molecular weight is 602 g/mol. The van der Waals surface area contributed by atoms with Gasteiger partial charge in [0, 0.05) is 32.7 Å². The summed E-state index contributed by atoms with van der Waals surface area (Å²) in [4.78, 5) is 0. The minimum absolute atomic E-state index is 0.00739. The lowest BCUT2D eigenvalue weighted by Gasteiger charge is -2.37. The van der Waals surface area contributed by atoms with Crippen molar-refractivity contribution in [1.82, 2.24) is 0 Å². The van der Waals surface area contributed by atoms with Crippen molar-refractivity contribution in [2.75, 3.05) is 0 Å². The molecule has 0 bridgehead atoms. The highest BCUT2D eigenvalue weighted by atomic mass is 16.5. The Balaban J connectivity index is 1.02. The third kappa shape index (κ3) is 3.54. The van der Waals surface area contributed by atoms with Crippen molar-refractivity contribution >= 4 is 45.0 Å². The number of rotatable bonds is 3. The van der Waals surface area contributed by atoms with E-state index in [1.54, 1.807) is 0 Å². The summed E-state index contributed by atoms with van der Waals surface area (Å²) >= 11 is 0. The minimum Gasteiger partial charge on any atom is -0.458 e. The van der Waals surface area contributed by atoms with Crippen LogP contribution in [-0.2, 0) is 0 Å². The molecule has 4 heterocycles. The van der Waals surface area contributed by atoms with Gasteiger partial charge in [0.1, 0.15) is 45.7 Å². The van der Waals surface area contributed by atoms with Gasteiger partial charge in [-0.3, -0.25) is 0 Å². The Morgan fingerprint density at radius 3 is 1.53 bits per heavy atom. The van der Waals surface area contributed by atoms with Crippen molar-refractivity contribution in [3.63, 3.8) is 0 Å². The quantitative estimate of drug-likeness (QED) is 0.189. The molecular weight excluding hydrogens is 579 g/mol. The maximum absolute atomic E-state index is 6.58. The van der Waals surface area contributed by atoms with Crippen LogP contribution >= 0.6 is 0 Å². The van der Waals surface area contributed by atoms with E-state index in [2.05, 4.69) is 91.0 Å². The van der Waals surface area contributed by atoms with Crippen LogP contribution in [0.15, 0.2) is 144 Å². The second kappa shape index (κ2) is 9.18. The van der Waals surface area contributed by atoms with Gasteiger partial charge in [-0.15, -0.1) is 0 Å². The Morgan fingerprint density at radius 1 is 0.362 bits per heavy atom. The highest BCUT2D eigenvalue weighted by Crippen LogP contribution is 2.44. The first kappa shape index (κ1) is 25.0. The SMILES string of the molecule is c1cc(-c2cccc(-c3cccc4c3oc3ccccc34)c2)cc(-c2cc3c4c(c2)Oc2cccc5c2B4c2c(cccc2O3)O5)c1. The maximum Gasteiger partial charge on any atom is 0.270 e. The number of fused-ring (bicyclic) bond motifs is 3. The van der Waals surface area contributed by atoms with E-state index in [-0.39, 0.29) is 6.71 Å². The van der Waals surface area contributed by atoms with E-state index >= 15 is 0 Å². The summed E-state index contributed by atoms with van der Waals surface area (Å²) in [6, 6.07) is 48.3. The van der Waals surface area contributed by atoms with Gasteiger partial charge in [0.05, 0.1) is 0 Å². The van der Waals surface area contributed by atoms with Crippen molar-refractivity contribution in [3.8, 4) is 67.9 Å². The standard InChI is InChI=1S/C42H23BO4/c1-2-15-32-30(12-1)31-14-5-13-29(42(31)47-32)27-11-4-9-25(21-27)24-8-3-10-26(20-24)28-22-37-41-38(23-28)46-36-19-7-17-34-40(36)43(41)39-33(44-34)16-6-18-35(39)45-37/h1-23H. The normalized spacial score (nSPS) is 13.1. The molecule has 1 aromatic heterocycles. The topological polar surface area (TPSA) is 40.8 Å². The van der Waals surface area contributed by atoms with Crippen LogP contribution in [0.25, 0.3) is 55.3 Å².